The first kappa shape index (κ1) is 8.52. The summed E-state index contributed by atoms with van der Waals surface area (Å²) in [5.41, 5.74) is -0.599. The lowest BCUT2D eigenvalue weighted by Gasteiger charge is -1.97. The Morgan fingerprint density at radius 2 is 2.33 bits per heavy atom. The molecule has 0 amide bonds. The van der Waals surface area contributed by atoms with Crippen molar-refractivity contribution in [3.8, 4) is 5.75 Å². The van der Waals surface area contributed by atoms with Crippen molar-refractivity contribution in [2.24, 2.45) is 0 Å². The number of hydrogen-bond donors (Lipinski definition) is 1. The molecule has 4 nitrogen and oxygen atoms in total. The van der Waals surface area contributed by atoms with E-state index in [0.717, 1.165) is 12.3 Å². The molecule has 1 rings (SSSR count). The third-order valence-electron chi connectivity index (χ3n) is 1.43. The van der Waals surface area contributed by atoms with Crippen molar-refractivity contribution in [3.63, 3.8) is 0 Å². The molecule has 0 atom stereocenters. The average molecular weight is 168 g/mol. The van der Waals surface area contributed by atoms with Crippen LogP contribution in [-0.4, -0.2) is 10.9 Å². The van der Waals surface area contributed by atoms with Gasteiger partial charge < -0.3 is 9.52 Å². The molecule has 1 aromatic heterocycles. The fraction of sp³-hybridized carbons (Fsp3) is 0.250. The van der Waals surface area contributed by atoms with Gasteiger partial charge in [0.05, 0.1) is 6.26 Å². The summed E-state index contributed by atoms with van der Waals surface area (Å²) in [5, 5.41) is 9.07. The van der Waals surface area contributed by atoms with Crippen LogP contribution in [0, 0.1) is 0 Å². The van der Waals surface area contributed by atoms with E-state index in [4.69, 9.17) is 9.52 Å². The van der Waals surface area contributed by atoms with E-state index in [2.05, 4.69) is 0 Å². The molecule has 0 saturated carbocycles. The van der Waals surface area contributed by atoms with E-state index in [0.29, 0.717) is 0 Å². The molecule has 0 fully saturated rings. The zero-order valence-electron chi connectivity index (χ0n) is 6.53. The molecule has 1 aromatic rings. The summed E-state index contributed by atoms with van der Waals surface area (Å²) in [6, 6.07) is 1.06. The highest BCUT2D eigenvalue weighted by Gasteiger charge is 2.13. The van der Waals surface area contributed by atoms with Gasteiger partial charge in [-0.1, -0.05) is 6.92 Å². The molecule has 0 aromatic carbocycles. The van der Waals surface area contributed by atoms with E-state index in [1.807, 2.05) is 0 Å². The summed E-state index contributed by atoms with van der Waals surface area (Å²) in [6.45, 7) is 1.62. The average Bonchev–Trinajstić information content (AvgIpc) is 2.08. The smallest absolute Gasteiger partial charge is 0.227 e. The Bertz CT molecular complexity index is 350. The molecule has 0 radical (unpaired) electrons. The van der Waals surface area contributed by atoms with Gasteiger partial charge in [-0.3, -0.25) is 9.59 Å². The molecule has 64 valence electrons. The Labute approximate surface area is 68.4 Å². The van der Waals surface area contributed by atoms with Crippen molar-refractivity contribution in [1.29, 1.82) is 0 Å². The summed E-state index contributed by atoms with van der Waals surface area (Å²) < 4.78 is 4.69. The monoisotopic (exact) mass is 168 g/mol. The van der Waals surface area contributed by atoms with Crippen molar-refractivity contribution < 1.29 is 14.3 Å². The first-order valence-electron chi connectivity index (χ1n) is 3.50. The molecule has 1 heterocycles. The number of Topliss-reactive ketones (excluding diaryl/α,β-unsaturated/α-hetero) is 1. The molecule has 0 aliphatic carbocycles. The summed E-state index contributed by atoms with van der Waals surface area (Å²) >= 11 is 0. The molecule has 0 aliphatic rings. The van der Waals surface area contributed by atoms with Gasteiger partial charge in [0.25, 0.3) is 0 Å². The van der Waals surface area contributed by atoms with Gasteiger partial charge in [0.2, 0.25) is 22.7 Å². The predicted octanol–water partition coefficient (Wildman–Crippen LogP) is 0.938. The lowest BCUT2D eigenvalue weighted by atomic mass is 10.2. The van der Waals surface area contributed by atoms with Crippen molar-refractivity contribution in [2.75, 3.05) is 0 Å². The van der Waals surface area contributed by atoms with Gasteiger partial charge in [-0.2, -0.15) is 0 Å². The van der Waals surface area contributed by atoms with E-state index >= 15 is 0 Å². The van der Waals surface area contributed by atoms with Crippen LogP contribution in [0.1, 0.15) is 23.9 Å². The zero-order chi connectivity index (χ0) is 9.14. The van der Waals surface area contributed by atoms with Crippen LogP contribution in [0.5, 0.6) is 5.75 Å². The molecule has 0 spiro atoms. The number of hydrogen-bond acceptors (Lipinski definition) is 4. The SMILES string of the molecule is CCC(=O)c1occc(=O)c1O. The predicted molar refractivity (Wildman–Crippen MR) is 41.3 cm³/mol. The largest absolute Gasteiger partial charge is 0.501 e. The molecular formula is C8H8O4. The number of carbonyl (C=O) groups excluding carboxylic acids is 1. The molecular weight excluding hydrogens is 160 g/mol. The molecule has 0 bridgehead atoms. The van der Waals surface area contributed by atoms with Gasteiger partial charge in [0.1, 0.15) is 0 Å². The maximum atomic E-state index is 11.0. The second-order valence-electron chi connectivity index (χ2n) is 2.24. The highest BCUT2D eigenvalue weighted by Crippen LogP contribution is 2.12. The third kappa shape index (κ3) is 1.37. The van der Waals surface area contributed by atoms with Crippen molar-refractivity contribution in [3.05, 3.63) is 28.3 Å². The van der Waals surface area contributed by atoms with Crippen molar-refractivity contribution >= 4 is 5.78 Å². The minimum absolute atomic E-state index is 0.195. The van der Waals surface area contributed by atoms with E-state index in [-0.39, 0.29) is 18.0 Å². The van der Waals surface area contributed by atoms with E-state index < -0.39 is 11.2 Å². The van der Waals surface area contributed by atoms with Crippen molar-refractivity contribution in [1.82, 2.24) is 0 Å². The van der Waals surface area contributed by atoms with Gasteiger partial charge in [-0.05, 0) is 0 Å². The van der Waals surface area contributed by atoms with Gasteiger partial charge in [-0.15, -0.1) is 0 Å². The first-order valence-corrected chi connectivity index (χ1v) is 3.50. The van der Waals surface area contributed by atoms with Crippen LogP contribution >= 0.6 is 0 Å². The maximum Gasteiger partial charge on any atom is 0.227 e. The second-order valence-corrected chi connectivity index (χ2v) is 2.24. The number of carbonyl (C=O) groups is 1. The summed E-state index contributed by atoms with van der Waals surface area (Å²) in [5.74, 6) is -1.25. The standard InChI is InChI=1S/C8H8O4/c1-2-5(9)8-7(11)6(10)3-4-12-8/h3-4,11H,2H2,1H3. The van der Waals surface area contributed by atoms with Gasteiger partial charge in [0, 0.05) is 12.5 Å². The maximum absolute atomic E-state index is 11.0. The second kappa shape index (κ2) is 3.21. The minimum atomic E-state index is -0.607. The van der Waals surface area contributed by atoms with Gasteiger partial charge in [0.15, 0.2) is 0 Å². The number of rotatable bonds is 2. The van der Waals surface area contributed by atoms with Crippen LogP contribution in [0.3, 0.4) is 0 Å². The van der Waals surface area contributed by atoms with Crippen LogP contribution in [0.4, 0.5) is 0 Å². The fourth-order valence-corrected chi connectivity index (χ4v) is 0.769. The van der Waals surface area contributed by atoms with Crippen LogP contribution in [-0.2, 0) is 0 Å². The number of aromatic hydroxyl groups is 1. The lowest BCUT2D eigenvalue weighted by molar-refractivity contribution is 0.0954. The topological polar surface area (TPSA) is 67.5 Å². The molecule has 0 aliphatic heterocycles. The molecule has 12 heavy (non-hydrogen) atoms. The van der Waals surface area contributed by atoms with E-state index in [9.17, 15) is 9.59 Å². The lowest BCUT2D eigenvalue weighted by Crippen LogP contribution is -2.05. The Morgan fingerprint density at radius 3 is 2.92 bits per heavy atom. The van der Waals surface area contributed by atoms with Gasteiger partial charge in [-0.25, -0.2) is 0 Å². The Kier molecular flexibility index (Phi) is 2.28. The van der Waals surface area contributed by atoms with Crippen LogP contribution in [0.15, 0.2) is 21.5 Å². The summed E-state index contributed by atoms with van der Waals surface area (Å²) in [7, 11) is 0. The highest BCUT2D eigenvalue weighted by molar-refractivity contribution is 5.95. The Morgan fingerprint density at radius 1 is 1.67 bits per heavy atom. The number of ketones is 1. The molecule has 0 unspecified atom stereocenters. The van der Waals surface area contributed by atoms with Crippen LogP contribution < -0.4 is 5.43 Å². The molecule has 0 saturated heterocycles. The summed E-state index contributed by atoms with van der Waals surface area (Å²) in [4.78, 5) is 21.8. The highest BCUT2D eigenvalue weighted by atomic mass is 16.4. The molecule has 4 heteroatoms. The first-order chi connectivity index (χ1) is 5.66. The van der Waals surface area contributed by atoms with Crippen molar-refractivity contribution in [2.45, 2.75) is 13.3 Å². The van der Waals surface area contributed by atoms with Crippen LogP contribution in [0.2, 0.25) is 0 Å². The third-order valence-corrected chi connectivity index (χ3v) is 1.43. The zero-order valence-corrected chi connectivity index (χ0v) is 6.53. The van der Waals surface area contributed by atoms with Gasteiger partial charge >= 0.3 is 0 Å². The Hall–Kier alpha value is -1.58. The Balaban J connectivity index is 3.26. The van der Waals surface area contributed by atoms with E-state index in [1.165, 1.54) is 0 Å². The van der Waals surface area contributed by atoms with Crippen LogP contribution in [0.25, 0.3) is 0 Å². The molecule has 1 N–H and O–H groups in total. The quantitative estimate of drug-likeness (QED) is 0.667. The normalized spacial score (nSPS) is 9.75. The minimum Gasteiger partial charge on any atom is -0.501 e. The summed E-state index contributed by atoms with van der Waals surface area (Å²) in [6.07, 6.45) is 1.28. The fourth-order valence-electron chi connectivity index (χ4n) is 0.769. The van der Waals surface area contributed by atoms with E-state index in [1.54, 1.807) is 6.92 Å².